The average molecular weight is 313 g/mol. The van der Waals surface area contributed by atoms with Gasteiger partial charge in [-0.1, -0.05) is 24.3 Å². The molecule has 3 aromatic rings. The van der Waals surface area contributed by atoms with E-state index < -0.39 is 10.0 Å². The summed E-state index contributed by atoms with van der Waals surface area (Å²) in [6.45, 7) is 0. The van der Waals surface area contributed by atoms with Crippen LogP contribution in [0.5, 0.6) is 0 Å². The van der Waals surface area contributed by atoms with Crippen LogP contribution in [0.4, 0.5) is 11.4 Å². The van der Waals surface area contributed by atoms with Crippen LogP contribution in [-0.2, 0) is 10.0 Å². The SMILES string of the molecule is CS(=O)(=O)Nc1ccc(-c2ccc3ccc(N)cc3n2)cc1. The summed E-state index contributed by atoms with van der Waals surface area (Å²) in [7, 11) is -3.27. The fourth-order valence-electron chi connectivity index (χ4n) is 2.22. The number of aromatic nitrogens is 1. The molecule has 0 amide bonds. The standard InChI is InChI=1S/C16H15N3O2S/c1-22(20,21)19-14-7-3-11(4-8-14)15-9-5-12-2-6-13(17)10-16(12)18-15/h2-10,19H,17H2,1H3. The molecule has 0 saturated heterocycles. The number of sulfonamides is 1. The van der Waals surface area contributed by atoms with Gasteiger partial charge in [-0.05, 0) is 30.3 Å². The van der Waals surface area contributed by atoms with Gasteiger partial charge in [-0.15, -0.1) is 0 Å². The summed E-state index contributed by atoms with van der Waals surface area (Å²) in [5.41, 5.74) is 9.53. The molecular weight excluding hydrogens is 298 g/mol. The van der Waals surface area contributed by atoms with Crippen LogP contribution in [0.3, 0.4) is 0 Å². The fraction of sp³-hybridized carbons (Fsp3) is 0.0625. The number of benzene rings is 2. The number of nitrogens with two attached hydrogens (primary N) is 1. The van der Waals surface area contributed by atoms with Crippen molar-refractivity contribution in [2.45, 2.75) is 0 Å². The van der Waals surface area contributed by atoms with E-state index >= 15 is 0 Å². The first-order valence-corrected chi connectivity index (χ1v) is 8.54. The van der Waals surface area contributed by atoms with Crippen molar-refractivity contribution >= 4 is 32.3 Å². The highest BCUT2D eigenvalue weighted by Crippen LogP contribution is 2.23. The molecule has 0 aliphatic heterocycles. The Morgan fingerprint density at radius 2 is 1.68 bits per heavy atom. The fourth-order valence-corrected chi connectivity index (χ4v) is 2.78. The Morgan fingerprint density at radius 1 is 1.00 bits per heavy atom. The van der Waals surface area contributed by atoms with Crippen LogP contribution < -0.4 is 10.5 Å². The van der Waals surface area contributed by atoms with Gasteiger partial charge in [0.05, 0.1) is 17.5 Å². The lowest BCUT2D eigenvalue weighted by Gasteiger charge is -2.07. The van der Waals surface area contributed by atoms with E-state index in [1.54, 1.807) is 12.1 Å². The summed E-state index contributed by atoms with van der Waals surface area (Å²) in [6, 6.07) is 16.6. The number of nitrogens with zero attached hydrogens (tertiary/aromatic N) is 1. The zero-order valence-corrected chi connectivity index (χ0v) is 12.8. The summed E-state index contributed by atoms with van der Waals surface area (Å²) < 4.78 is 24.8. The summed E-state index contributed by atoms with van der Waals surface area (Å²) in [5.74, 6) is 0. The van der Waals surface area contributed by atoms with E-state index in [4.69, 9.17) is 5.73 Å². The second-order valence-electron chi connectivity index (χ2n) is 5.10. The van der Waals surface area contributed by atoms with Crippen LogP contribution in [0.15, 0.2) is 54.6 Å². The summed E-state index contributed by atoms with van der Waals surface area (Å²) in [4.78, 5) is 4.59. The Morgan fingerprint density at radius 3 is 2.36 bits per heavy atom. The number of nitrogen functional groups attached to an aromatic ring is 1. The van der Waals surface area contributed by atoms with Crippen LogP contribution >= 0.6 is 0 Å². The van der Waals surface area contributed by atoms with Gasteiger partial charge in [-0.2, -0.15) is 0 Å². The van der Waals surface area contributed by atoms with Gasteiger partial charge in [0.1, 0.15) is 0 Å². The van der Waals surface area contributed by atoms with Crippen LogP contribution in [0.2, 0.25) is 0 Å². The van der Waals surface area contributed by atoms with Crippen molar-refractivity contribution in [1.29, 1.82) is 0 Å². The van der Waals surface area contributed by atoms with Crippen LogP contribution in [0.1, 0.15) is 0 Å². The predicted molar refractivity (Wildman–Crippen MR) is 90.1 cm³/mol. The maximum Gasteiger partial charge on any atom is 0.229 e. The maximum atomic E-state index is 11.2. The maximum absolute atomic E-state index is 11.2. The van der Waals surface area contributed by atoms with Gasteiger partial charge in [0.15, 0.2) is 0 Å². The first-order valence-electron chi connectivity index (χ1n) is 6.65. The van der Waals surface area contributed by atoms with Crippen molar-refractivity contribution in [2.24, 2.45) is 0 Å². The molecule has 112 valence electrons. The molecule has 0 fully saturated rings. The quantitative estimate of drug-likeness (QED) is 0.728. The van der Waals surface area contributed by atoms with Gasteiger partial charge in [-0.25, -0.2) is 13.4 Å². The lowest BCUT2D eigenvalue weighted by atomic mass is 10.1. The van der Waals surface area contributed by atoms with Crippen molar-refractivity contribution in [2.75, 3.05) is 16.7 Å². The lowest BCUT2D eigenvalue weighted by molar-refractivity contribution is 0.607. The van der Waals surface area contributed by atoms with Gasteiger partial charge in [0.2, 0.25) is 10.0 Å². The normalized spacial score (nSPS) is 11.5. The Bertz CT molecular complexity index is 935. The molecule has 2 aromatic carbocycles. The van der Waals surface area contributed by atoms with Crippen molar-refractivity contribution in [3.8, 4) is 11.3 Å². The number of nitrogens with one attached hydrogen (secondary N) is 1. The molecule has 6 heteroatoms. The molecule has 0 aliphatic carbocycles. The molecule has 22 heavy (non-hydrogen) atoms. The highest BCUT2D eigenvalue weighted by molar-refractivity contribution is 7.92. The Kier molecular flexibility index (Phi) is 3.46. The third kappa shape index (κ3) is 3.17. The number of hydrogen-bond donors (Lipinski definition) is 2. The molecule has 0 spiro atoms. The van der Waals surface area contributed by atoms with E-state index in [0.29, 0.717) is 11.4 Å². The topological polar surface area (TPSA) is 85.1 Å². The molecule has 0 bridgehead atoms. The third-order valence-corrected chi connectivity index (χ3v) is 3.81. The average Bonchev–Trinajstić information content (AvgIpc) is 2.45. The first-order chi connectivity index (χ1) is 10.4. The molecule has 3 rings (SSSR count). The molecule has 1 heterocycles. The van der Waals surface area contributed by atoms with E-state index in [-0.39, 0.29) is 0 Å². The van der Waals surface area contributed by atoms with E-state index in [0.717, 1.165) is 28.4 Å². The molecular formula is C16H15N3O2S. The first kappa shape index (κ1) is 14.3. The number of pyridine rings is 1. The Hall–Kier alpha value is -2.60. The molecule has 0 unspecified atom stereocenters. The van der Waals surface area contributed by atoms with Gasteiger partial charge < -0.3 is 5.73 Å². The van der Waals surface area contributed by atoms with E-state index in [1.165, 1.54) is 0 Å². The lowest BCUT2D eigenvalue weighted by Crippen LogP contribution is -2.09. The van der Waals surface area contributed by atoms with Crippen LogP contribution in [0.25, 0.3) is 22.2 Å². The molecule has 0 atom stereocenters. The molecule has 0 radical (unpaired) electrons. The molecule has 1 aromatic heterocycles. The second kappa shape index (κ2) is 5.31. The van der Waals surface area contributed by atoms with Gasteiger partial charge in [-0.3, -0.25) is 4.72 Å². The third-order valence-electron chi connectivity index (χ3n) is 3.20. The monoisotopic (exact) mass is 313 g/mol. The molecule has 3 N–H and O–H groups in total. The second-order valence-corrected chi connectivity index (χ2v) is 6.85. The van der Waals surface area contributed by atoms with Crippen molar-refractivity contribution in [3.63, 3.8) is 0 Å². The Balaban J connectivity index is 1.97. The largest absolute Gasteiger partial charge is 0.399 e. The summed E-state index contributed by atoms with van der Waals surface area (Å²) in [6.07, 6.45) is 1.12. The smallest absolute Gasteiger partial charge is 0.229 e. The van der Waals surface area contributed by atoms with E-state index in [1.807, 2.05) is 42.5 Å². The predicted octanol–water partition coefficient (Wildman–Crippen LogP) is 2.86. The number of hydrogen-bond acceptors (Lipinski definition) is 4. The summed E-state index contributed by atoms with van der Waals surface area (Å²) in [5, 5.41) is 1.02. The van der Waals surface area contributed by atoms with Crippen molar-refractivity contribution in [1.82, 2.24) is 4.98 Å². The highest BCUT2D eigenvalue weighted by atomic mass is 32.2. The number of anilines is 2. The van der Waals surface area contributed by atoms with E-state index in [2.05, 4.69) is 9.71 Å². The molecule has 0 saturated carbocycles. The zero-order chi connectivity index (χ0) is 15.7. The minimum absolute atomic E-state index is 0.524. The molecule has 0 aliphatic rings. The van der Waals surface area contributed by atoms with Crippen LogP contribution in [0, 0.1) is 0 Å². The van der Waals surface area contributed by atoms with Gasteiger partial charge >= 0.3 is 0 Å². The highest BCUT2D eigenvalue weighted by Gasteiger charge is 2.04. The van der Waals surface area contributed by atoms with E-state index in [9.17, 15) is 8.42 Å². The minimum atomic E-state index is -3.27. The number of rotatable bonds is 3. The van der Waals surface area contributed by atoms with Crippen molar-refractivity contribution in [3.05, 3.63) is 54.6 Å². The Labute approximate surface area is 128 Å². The minimum Gasteiger partial charge on any atom is -0.399 e. The molecule has 5 nitrogen and oxygen atoms in total. The summed E-state index contributed by atoms with van der Waals surface area (Å²) >= 11 is 0. The van der Waals surface area contributed by atoms with Gasteiger partial charge in [0, 0.05) is 22.3 Å². The van der Waals surface area contributed by atoms with Crippen LogP contribution in [-0.4, -0.2) is 19.7 Å². The van der Waals surface area contributed by atoms with Gasteiger partial charge in [0.25, 0.3) is 0 Å². The van der Waals surface area contributed by atoms with Crippen molar-refractivity contribution < 1.29 is 8.42 Å². The zero-order valence-electron chi connectivity index (χ0n) is 11.9. The number of fused-ring (bicyclic) bond motifs is 1.